The Labute approximate surface area is 168 Å². The van der Waals surface area contributed by atoms with Crippen LogP contribution in [0.4, 0.5) is 11.4 Å². The fourth-order valence-electron chi connectivity index (χ4n) is 2.78. The van der Waals surface area contributed by atoms with Gasteiger partial charge in [0.25, 0.3) is 5.91 Å². The lowest BCUT2D eigenvalue weighted by Crippen LogP contribution is -2.26. The predicted octanol–water partition coefficient (Wildman–Crippen LogP) is 3.46. The molecule has 2 aromatic carbocycles. The van der Waals surface area contributed by atoms with Gasteiger partial charge in [0.05, 0.1) is 30.6 Å². The maximum Gasteiger partial charge on any atom is 0.253 e. The minimum absolute atomic E-state index is 0.0608. The van der Waals surface area contributed by atoms with E-state index in [4.69, 9.17) is 4.42 Å². The van der Waals surface area contributed by atoms with E-state index in [1.807, 2.05) is 0 Å². The van der Waals surface area contributed by atoms with E-state index in [-0.39, 0.29) is 30.7 Å². The molecule has 0 aliphatic heterocycles. The van der Waals surface area contributed by atoms with E-state index in [9.17, 15) is 14.4 Å². The van der Waals surface area contributed by atoms with Crippen molar-refractivity contribution in [2.75, 3.05) is 17.2 Å². The van der Waals surface area contributed by atoms with Gasteiger partial charge >= 0.3 is 0 Å². The Bertz CT molecular complexity index is 1010. The molecule has 3 N–H and O–H groups in total. The number of hydrogen-bond acceptors (Lipinski definition) is 5. The van der Waals surface area contributed by atoms with Crippen molar-refractivity contribution >= 4 is 29.0 Å². The molecule has 0 spiro atoms. The maximum atomic E-state index is 12.5. The Balaban J connectivity index is 1.61. The van der Waals surface area contributed by atoms with Crippen molar-refractivity contribution in [1.82, 2.24) is 5.32 Å². The third-order valence-corrected chi connectivity index (χ3v) is 4.19. The zero-order valence-electron chi connectivity index (χ0n) is 15.9. The molecule has 29 heavy (non-hydrogen) atoms. The number of nitrogens with one attached hydrogen (secondary N) is 3. The minimum Gasteiger partial charge on any atom is -0.467 e. The topological polar surface area (TPSA) is 100 Å². The van der Waals surface area contributed by atoms with E-state index in [1.165, 1.54) is 6.92 Å². The van der Waals surface area contributed by atoms with E-state index in [1.54, 1.807) is 66.9 Å². The average molecular weight is 391 g/mol. The molecule has 0 fully saturated rings. The zero-order chi connectivity index (χ0) is 20.6. The van der Waals surface area contributed by atoms with Crippen LogP contribution in [0.3, 0.4) is 0 Å². The van der Waals surface area contributed by atoms with Crippen molar-refractivity contribution in [1.29, 1.82) is 0 Å². The van der Waals surface area contributed by atoms with Crippen molar-refractivity contribution in [2.45, 2.75) is 13.5 Å². The van der Waals surface area contributed by atoms with Crippen LogP contribution in [0, 0.1) is 0 Å². The van der Waals surface area contributed by atoms with Gasteiger partial charge in [0.15, 0.2) is 5.78 Å². The van der Waals surface area contributed by atoms with Crippen molar-refractivity contribution < 1.29 is 18.8 Å². The zero-order valence-corrected chi connectivity index (χ0v) is 15.9. The van der Waals surface area contributed by atoms with Crippen LogP contribution in [0.1, 0.15) is 33.4 Å². The van der Waals surface area contributed by atoms with Crippen molar-refractivity contribution in [3.05, 3.63) is 83.8 Å². The molecule has 0 aliphatic rings. The lowest BCUT2D eigenvalue weighted by atomic mass is 10.1. The second-order valence-corrected chi connectivity index (χ2v) is 6.31. The summed E-state index contributed by atoms with van der Waals surface area (Å²) in [5.41, 5.74) is 1.84. The highest BCUT2D eigenvalue weighted by Gasteiger charge is 2.13. The minimum atomic E-state index is -0.329. The monoisotopic (exact) mass is 391 g/mol. The molecule has 0 bridgehead atoms. The lowest BCUT2D eigenvalue weighted by molar-refractivity contribution is -0.114. The second-order valence-electron chi connectivity index (χ2n) is 6.31. The molecule has 2 amide bonds. The molecule has 0 aliphatic carbocycles. The Hall–Kier alpha value is -3.87. The Morgan fingerprint density at radius 1 is 0.862 bits per heavy atom. The first-order valence-corrected chi connectivity index (χ1v) is 9.08. The van der Waals surface area contributed by atoms with E-state index < -0.39 is 0 Å². The maximum absolute atomic E-state index is 12.5. The average Bonchev–Trinajstić information content (AvgIpc) is 3.24. The number of hydrogen-bond donors (Lipinski definition) is 3. The van der Waals surface area contributed by atoms with Gasteiger partial charge in [-0.05, 0) is 43.3 Å². The number of amides is 2. The first kappa shape index (κ1) is 19.9. The van der Waals surface area contributed by atoms with Crippen LogP contribution in [0.15, 0.2) is 71.3 Å². The van der Waals surface area contributed by atoms with Crippen LogP contribution < -0.4 is 16.0 Å². The van der Waals surface area contributed by atoms with E-state index in [0.717, 1.165) is 0 Å². The molecule has 7 nitrogen and oxygen atoms in total. The van der Waals surface area contributed by atoms with Crippen LogP contribution >= 0.6 is 0 Å². The summed E-state index contributed by atoms with van der Waals surface area (Å²) in [6.07, 6.45) is 1.54. The highest BCUT2D eigenvalue weighted by molar-refractivity contribution is 6.05. The third kappa shape index (κ3) is 5.32. The number of furan rings is 1. The summed E-state index contributed by atoms with van der Waals surface area (Å²) in [6.45, 7) is 1.65. The number of anilines is 2. The Morgan fingerprint density at radius 2 is 1.55 bits per heavy atom. The van der Waals surface area contributed by atoms with Crippen molar-refractivity contribution in [3.8, 4) is 0 Å². The molecule has 3 rings (SSSR count). The molecular formula is C22H21N3O4. The summed E-state index contributed by atoms with van der Waals surface area (Å²) in [7, 11) is 0. The summed E-state index contributed by atoms with van der Waals surface area (Å²) in [5.74, 6) is -0.101. The molecular weight excluding hydrogens is 370 g/mol. The number of rotatable bonds is 8. The van der Waals surface area contributed by atoms with Gasteiger partial charge in [-0.3, -0.25) is 14.4 Å². The highest BCUT2D eigenvalue weighted by atomic mass is 16.3. The van der Waals surface area contributed by atoms with Gasteiger partial charge in [-0.2, -0.15) is 0 Å². The highest BCUT2D eigenvalue weighted by Crippen LogP contribution is 2.17. The fourth-order valence-corrected chi connectivity index (χ4v) is 2.78. The quantitative estimate of drug-likeness (QED) is 0.511. The summed E-state index contributed by atoms with van der Waals surface area (Å²) in [5, 5.41) is 8.47. The fraction of sp³-hybridized carbons (Fsp3) is 0.136. The lowest BCUT2D eigenvalue weighted by Gasteiger charge is -2.13. The smallest absolute Gasteiger partial charge is 0.253 e. The van der Waals surface area contributed by atoms with E-state index in [2.05, 4.69) is 16.0 Å². The molecule has 1 heterocycles. The Morgan fingerprint density at radius 3 is 2.24 bits per heavy atom. The van der Waals surface area contributed by atoms with Crippen LogP contribution in [-0.2, 0) is 11.3 Å². The number of para-hydroxylation sites is 2. The molecule has 0 radical (unpaired) electrons. The summed E-state index contributed by atoms with van der Waals surface area (Å²) in [6, 6.07) is 17.2. The molecule has 0 saturated carbocycles. The van der Waals surface area contributed by atoms with E-state index in [0.29, 0.717) is 28.3 Å². The summed E-state index contributed by atoms with van der Waals surface area (Å²) >= 11 is 0. The molecule has 1 aromatic heterocycles. The molecule has 0 saturated heterocycles. The number of benzene rings is 2. The molecule has 0 atom stereocenters. The number of carbonyl (C=O) groups is 3. The van der Waals surface area contributed by atoms with Crippen LogP contribution in [0.2, 0.25) is 0 Å². The summed E-state index contributed by atoms with van der Waals surface area (Å²) in [4.78, 5) is 36.5. The number of Topliss-reactive ketones (excluding diaryl/α,β-unsaturated/α-hetero) is 1. The number of ketones is 1. The first-order chi connectivity index (χ1) is 14.0. The third-order valence-electron chi connectivity index (χ3n) is 4.19. The van der Waals surface area contributed by atoms with Gasteiger partial charge in [0, 0.05) is 11.3 Å². The largest absolute Gasteiger partial charge is 0.467 e. The van der Waals surface area contributed by atoms with Crippen molar-refractivity contribution in [2.24, 2.45) is 0 Å². The SMILES string of the molecule is CC(=O)c1ccccc1NC(=O)CNc1ccccc1C(=O)NCc1ccco1. The summed E-state index contributed by atoms with van der Waals surface area (Å²) < 4.78 is 5.20. The first-order valence-electron chi connectivity index (χ1n) is 9.08. The van der Waals surface area contributed by atoms with Crippen LogP contribution in [0.5, 0.6) is 0 Å². The van der Waals surface area contributed by atoms with Gasteiger partial charge < -0.3 is 20.4 Å². The molecule has 0 unspecified atom stereocenters. The Kier molecular flexibility index (Phi) is 6.42. The van der Waals surface area contributed by atoms with Gasteiger partial charge in [-0.1, -0.05) is 24.3 Å². The van der Waals surface area contributed by atoms with Gasteiger partial charge in [-0.25, -0.2) is 0 Å². The predicted molar refractivity (Wildman–Crippen MR) is 110 cm³/mol. The van der Waals surface area contributed by atoms with Crippen molar-refractivity contribution in [3.63, 3.8) is 0 Å². The molecule has 7 heteroatoms. The number of carbonyl (C=O) groups excluding carboxylic acids is 3. The normalized spacial score (nSPS) is 10.2. The van der Waals surface area contributed by atoms with E-state index >= 15 is 0 Å². The van der Waals surface area contributed by atoms with Crippen LogP contribution in [-0.4, -0.2) is 24.1 Å². The molecule has 148 valence electrons. The standard InChI is InChI=1S/C22H21N3O4/c1-15(26)17-8-2-5-11-20(17)25-21(27)14-23-19-10-4-3-9-18(19)22(28)24-13-16-7-6-12-29-16/h2-12,23H,13-14H2,1H3,(H,24,28)(H,25,27). The second kappa shape index (κ2) is 9.36. The van der Waals surface area contributed by atoms with Gasteiger partial charge in [-0.15, -0.1) is 0 Å². The van der Waals surface area contributed by atoms with Crippen LogP contribution in [0.25, 0.3) is 0 Å². The molecule has 3 aromatic rings. The van der Waals surface area contributed by atoms with Gasteiger partial charge in [0.2, 0.25) is 5.91 Å². The van der Waals surface area contributed by atoms with Gasteiger partial charge in [0.1, 0.15) is 5.76 Å².